The van der Waals surface area contributed by atoms with Crippen molar-refractivity contribution in [1.82, 2.24) is 15.2 Å². The van der Waals surface area contributed by atoms with Crippen LogP contribution in [0.15, 0.2) is 22.6 Å². The van der Waals surface area contributed by atoms with E-state index in [0.29, 0.717) is 37.6 Å². The summed E-state index contributed by atoms with van der Waals surface area (Å²) in [4.78, 5) is 43.1. The fourth-order valence-electron chi connectivity index (χ4n) is 4.48. The molecule has 1 aromatic carbocycles. The van der Waals surface area contributed by atoms with Gasteiger partial charge in [0.05, 0.1) is 6.61 Å². The van der Waals surface area contributed by atoms with Gasteiger partial charge in [0.2, 0.25) is 11.8 Å². The van der Waals surface area contributed by atoms with E-state index in [1.165, 1.54) is 25.1 Å². The van der Waals surface area contributed by atoms with E-state index in [4.69, 9.17) is 19.6 Å². The van der Waals surface area contributed by atoms with Crippen LogP contribution in [0.25, 0.3) is 11.5 Å². The van der Waals surface area contributed by atoms with Crippen LogP contribution in [-0.2, 0) is 9.53 Å². The van der Waals surface area contributed by atoms with Gasteiger partial charge in [0.15, 0.2) is 29.1 Å². The average Bonchev–Trinajstić information content (AvgIpc) is 3.81. The standard InChI is InChI=1S/C26H30F2N4O7/c1-13(37-26(29)35)21-20(22(33)30-17-8-9-32(11-17)24(34)15-4-5-15)31-23(39-21)16-6-7-18(38-25(27)28)19(10-16)36-12-14-2-3-14/h6-7,10,13-15,17,25H,2-5,8-9,11-12H2,1H3,(H2,29,35)(H,30,33)/t13-,17?/m0/s1. The Morgan fingerprint density at radius 1 is 1.18 bits per heavy atom. The van der Waals surface area contributed by atoms with Gasteiger partial charge in [0.1, 0.15) is 0 Å². The Balaban J connectivity index is 1.38. The van der Waals surface area contributed by atoms with Crippen LogP contribution in [0.1, 0.15) is 61.4 Å². The van der Waals surface area contributed by atoms with Crippen molar-refractivity contribution in [3.05, 3.63) is 29.7 Å². The van der Waals surface area contributed by atoms with E-state index in [1.54, 1.807) is 4.90 Å². The molecule has 39 heavy (non-hydrogen) atoms. The molecule has 0 radical (unpaired) electrons. The van der Waals surface area contributed by atoms with Crippen LogP contribution in [0.4, 0.5) is 13.6 Å². The predicted octanol–water partition coefficient (Wildman–Crippen LogP) is 3.63. The molecule has 0 spiro atoms. The molecule has 11 nitrogen and oxygen atoms in total. The predicted molar refractivity (Wildman–Crippen MR) is 131 cm³/mol. The zero-order chi connectivity index (χ0) is 27.7. The number of likely N-dealkylation sites (tertiary alicyclic amines) is 1. The molecule has 3 aliphatic rings. The second kappa shape index (κ2) is 11.1. The maximum absolute atomic E-state index is 13.3. The van der Waals surface area contributed by atoms with Crippen LogP contribution >= 0.6 is 0 Å². The normalized spacial score (nSPS) is 19.6. The summed E-state index contributed by atoms with van der Waals surface area (Å²) in [5.41, 5.74) is 5.37. The third-order valence-electron chi connectivity index (χ3n) is 6.87. The van der Waals surface area contributed by atoms with Crippen molar-refractivity contribution in [2.75, 3.05) is 19.7 Å². The second-order valence-corrected chi connectivity index (χ2v) is 10.1. The number of nitrogens with one attached hydrogen (secondary N) is 1. The lowest BCUT2D eigenvalue weighted by Gasteiger charge is -2.17. The average molecular weight is 549 g/mol. The molecule has 1 saturated heterocycles. The van der Waals surface area contributed by atoms with Crippen LogP contribution in [0.3, 0.4) is 0 Å². The quantitative estimate of drug-likeness (QED) is 0.433. The Morgan fingerprint density at radius 2 is 1.95 bits per heavy atom. The van der Waals surface area contributed by atoms with Crippen molar-refractivity contribution >= 4 is 17.9 Å². The van der Waals surface area contributed by atoms with E-state index in [9.17, 15) is 23.2 Å². The van der Waals surface area contributed by atoms with Crippen molar-refractivity contribution in [3.8, 4) is 23.0 Å². The Morgan fingerprint density at radius 3 is 2.62 bits per heavy atom. The molecule has 2 aliphatic carbocycles. The van der Waals surface area contributed by atoms with Crippen molar-refractivity contribution in [1.29, 1.82) is 0 Å². The number of halogens is 2. The van der Waals surface area contributed by atoms with Gasteiger partial charge in [-0.05, 0) is 63.1 Å². The molecule has 1 unspecified atom stereocenters. The Labute approximate surface area is 222 Å². The first-order chi connectivity index (χ1) is 18.7. The minimum Gasteiger partial charge on any atom is -0.489 e. The summed E-state index contributed by atoms with van der Waals surface area (Å²) in [5, 5.41) is 2.88. The van der Waals surface area contributed by atoms with Gasteiger partial charge in [-0.25, -0.2) is 9.78 Å². The van der Waals surface area contributed by atoms with Crippen molar-refractivity contribution in [2.24, 2.45) is 17.6 Å². The van der Waals surface area contributed by atoms with Gasteiger partial charge >= 0.3 is 12.7 Å². The third-order valence-corrected chi connectivity index (χ3v) is 6.87. The molecule has 2 saturated carbocycles. The molecule has 0 bridgehead atoms. The summed E-state index contributed by atoms with van der Waals surface area (Å²) in [5.74, 6) is -0.145. The molecule has 2 heterocycles. The molecule has 3 fully saturated rings. The maximum Gasteiger partial charge on any atom is 0.405 e. The van der Waals surface area contributed by atoms with Gasteiger partial charge in [0.25, 0.3) is 5.91 Å². The van der Waals surface area contributed by atoms with Gasteiger partial charge in [-0.2, -0.15) is 8.78 Å². The number of nitrogens with zero attached hydrogens (tertiary/aromatic N) is 2. The Kier molecular flexibility index (Phi) is 7.58. The number of primary amides is 1. The van der Waals surface area contributed by atoms with Crippen LogP contribution < -0.4 is 20.5 Å². The molecule has 2 atom stereocenters. The number of nitrogens with two attached hydrogens (primary N) is 1. The summed E-state index contributed by atoms with van der Waals surface area (Å²) in [6, 6.07) is 3.90. The number of oxazole rings is 1. The fraction of sp³-hybridized carbons (Fsp3) is 0.538. The number of ether oxygens (including phenoxy) is 3. The number of carbonyl (C=O) groups is 3. The lowest BCUT2D eigenvalue weighted by molar-refractivity contribution is -0.131. The van der Waals surface area contributed by atoms with Gasteiger partial charge in [-0.15, -0.1) is 0 Å². The van der Waals surface area contributed by atoms with E-state index in [1.807, 2.05) is 0 Å². The first kappa shape index (κ1) is 26.7. The molecule has 1 aliphatic heterocycles. The lowest BCUT2D eigenvalue weighted by atomic mass is 10.2. The Bertz CT molecular complexity index is 1240. The molecule has 2 aromatic rings. The second-order valence-electron chi connectivity index (χ2n) is 10.1. The van der Waals surface area contributed by atoms with E-state index in [-0.39, 0.29) is 46.7 Å². The fourth-order valence-corrected chi connectivity index (χ4v) is 4.48. The van der Waals surface area contributed by atoms with Gasteiger partial charge < -0.3 is 34.6 Å². The third kappa shape index (κ3) is 6.58. The van der Waals surface area contributed by atoms with E-state index < -0.39 is 24.7 Å². The molecule has 5 rings (SSSR count). The molecule has 13 heteroatoms. The first-order valence-corrected chi connectivity index (χ1v) is 13.0. The molecular weight excluding hydrogens is 518 g/mol. The minimum atomic E-state index is -3.04. The summed E-state index contributed by atoms with van der Waals surface area (Å²) in [6.07, 6.45) is 2.27. The summed E-state index contributed by atoms with van der Waals surface area (Å²) < 4.78 is 47.0. The largest absolute Gasteiger partial charge is 0.489 e. The number of amides is 3. The minimum absolute atomic E-state index is 0.0214. The number of aromatic nitrogens is 1. The number of hydrogen-bond acceptors (Lipinski definition) is 8. The molecule has 210 valence electrons. The highest BCUT2D eigenvalue weighted by molar-refractivity contribution is 5.94. The molecule has 3 N–H and O–H groups in total. The van der Waals surface area contributed by atoms with Crippen molar-refractivity contribution in [3.63, 3.8) is 0 Å². The topological polar surface area (TPSA) is 146 Å². The van der Waals surface area contributed by atoms with Crippen LogP contribution in [0.2, 0.25) is 0 Å². The molecular formula is C26H30F2N4O7. The van der Waals surface area contributed by atoms with Crippen LogP contribution in [0.5, 0.6) is 11.5 Å². The monoisotopic (exact) mass is 548 g/mol. The van der Waals surface area contributed by atoms with Crippen molar-refractivity contribution < 1.29 is 41.8 Å². The van der Waals surface area contributed by atoms with Crippen LogP contribution in [-0.4, -0.2) is 60.1 Å². The summed E-state index contributed by atoms with van der Waals surface area (Å²) >= 11 is 0. The molecule has 3 amide bonds. The Hall–Kier alpha value is -3.90. The highest BCUT2D eigenvalue weighted by Gasteiger charge is 2.37. The number of carbonyl (C=O) groups excluding carboxylic acids is 3. The van der Waals surface area contributed by atoms with Crippen molar-refractivity contribution in [2.45, 2.75) is 57.8 Å². The maximum atomic E-state index is 13.3. The zero-order valence-corrected chi connectivity index (χ0v) is 21.4. The van der Waals surface area contributed by atoms with E-state index >= 15 is 0 Å². The number of alkyl halides is 2. The SMILES string of the molecule is C[C@H](OC(N)=O)c1oc(-c2ccc(OC(F)F)c(OCC3CC3)c2)nc1C(=O)NC1CCN(C(=O)C2CC2)C1. The highest BCUT2D eigenvalue weighted by Crippen LogP contribution is 2.37. The number of hydrogen-bond donors (Lipinski definition) is 2. The molecule has 1 aromatic heterocycles. The first-order valence-electron chi connectivity index (χ1n) is 13.0. The van der Waals surface area contributed by atoms with E-state index in [0.717, 1.165) is 25.7 Å². The van der Waals surface area contributed by atoms with Gasteiger partial charge in [-0.1, -0.05) is 0 Å². The van der Waals surface area contributed by atoms with Gasteiger partial charge in [0, 0.05) is 30.6 Å². The lowest BCUT2D eigenvalue weighted by Crippen LogP contribution is -2.39. The van der Waals surface area contributed by atoms with Gasteiger partial charge in [-0.3, -0.25) is 9.59 Å². The summed E-state index contributed by atoms with van der Waals surface area (Å²) in [6.45, 7) is -0.280. The van der Waals surface area contributed by atoms with Crippen LogP contribution in [0, 0.1) is 11.8 Å². The summed E-state index contributed by atoms with van der Waals surface area (Å²) in [7, 11) is 0. The smallest absolute Gasteiger partial charge is 0.405 e. The number of rotatable bonds is 11. The zero-order valence-electron chi connectivity index (χ0n) is 21.4. The van der Waals surface area contributed by atoms with E-state index in [2.05, 4.69) is 15.0 Å². The highest BCUT2D eigenvalue weighted by atomic mass is 19.3. The number of benzene rings is 1.